The van der Waals surface area contributed by atoms with E-state index in [2.05, 4.69) is 0 Å². The molecule has 7 heteroatoms. The maximum Gasteiger partial charge on any atom is 0.339 e. The lowest BCUT2D eigenvalue weighted by molar-refractivity contribution is -0.384. The smallest absolute Gasteiger partial charge is 0.339 e. The van der Waals surface area contributed by atoms with Crippen LogP contribution < -0.4 is 4.18 Å². The van der Waals surface area contributed by atoms with Crippen LogP contribution in [0.4, 0.5) is 5.69 Å². The first-order valence-corrected chi connectivity index (χ1v) is 8.67. The summed E-state index contributed by atoms with van der Waals surface area (Å²) in [6, 6.07) is 10.00. The minimum absolute atomic E-state index is 0.0494. The molecule has 0 amide bonds. The molecule has 120 valence electrons. The number of hydrogen-bond acceptors (Lipinski definition) is 5. The van der Waals surface area contributed by atoms with E-state index in [4.69, 9.17) is 4.18 Å². The molecule has 0 fully saturated rings. The minimum atomic E-state index is -3.95. The average Bonchev–Trinajstić information content (AvgIpc) is 2.54. The van der Waals surface area contributed by atoms with Gasteiger partial charge in [0.2, 0.25) is 0 Å². The van der Waals surface area contributed by atoms with Crippen molar-refractivity contribution in [2.24, 2.45) is 0 Å². The molecule has 0 aromatic heterocycles. The summed E-state index contributed by atoms with van der Waals surface area (Å²) < 4.78 is 29.8. The Morgan fingerprint density at radius 1 is 0.957 bits per heavy atom. The Morgan fingerprint density at radius 3 is 2.26 bits per heavy atom. The number of hydrogen-bond donors (Lipinski definition) is 0. The van der Waals surface area contributed by atoms with Crippen LogP contribution in [-0.2, 0) is 23.0 Å². The second-order valence-electron chi connectivity index (χ2n) is 5.43. The fraction of sp³-hybridized carbons (Fsp3) is 0.250. The van der Waals surface area contributed by atoms with Gasteiger partial charge in [-0.1, -0.05) is 6.07 Å². The van der Waals surface area contributed by atoms with E-state index < -0.39 is 15.0 Å². The van der Waals surface area contributed by atoms with Gasteiger partial charge < -0.3 is 4.18 Å². The van der Waals surface area contributed by atoms with Gasteiger partial charge in [-0.2, -0.15) is 8.42 Å². The summed E-state index contributed by atoms with van der Waals surface area (Å²) in [7, 11) is -3.95. The van der Waals surface area contributed by atoms with Gasteiger partial charge in [-0.15, -0.1) is 0 Å². The lowest BCUT2D eigenvalue weighted by Gasteiger charge is -2.16. The fourth-order valence-corrected chi connectivity index (χ4v) is 3.65. The van der Waals surface area contributed by atoms with Gasteiger partial charge in [-0.25, -0.2) is 0 Å². The van der Waals surface area contributed by atoms with Gasteiger partial charge in [0, 0.05) is 12.1 Å². The van der Waals surface area contributed by atoms with E-state index in [0.29, 0.717) is 0 Å². The van der Waals surface area contributed by atoms with Crippen molar-refractivity contribution in [1.29, 1.82) is 0 Å². The zero-order valence-corrected chi connectivity index (χ0v) is 13.1. The molecular formula is C16H15NO5S. The van der Waals surface area contributed by atoms with E-state index >= 15 is 0 Å². The number of benzene rings is 2. The van der Waals surface area contributed by atoms with Crippen molar-refractivity contribution >= 4 is 15.8 Å². The molecule has 1 aliphatic carbocycles. The molecule has 0 atom stereocenters. The molecule has 0 saturated heterocycles. The van der Waals surface area contributed by atoms with Crippen LogP contribution in [0.3, 0.4) is 0 Å². The number of nitro groups is 1. The molecule has 0 aliphatic heterocycles. The molecule has 2 aromatic carbocycles. The zero-order chi connectivity index (χ0) is 16.4. The lowest BCUT2D eigenvalue weighted by Crippen LogP contribution is -2.12. The molecule has 0 spiro atoms. The highest BCUT2D eigenvalue weighted by Crippen LogP contribution is 2.26. The fourth-order valence-electron chi connectivity index (χ4n) is 2.66. The summed E-state index contributed by atoms with van der Waals surface area (Å²) in [5, 5.41) is 10.6. The third-order valence-electron chi connectivity index (χ3n) is 3.86. The van der Waals surface area contributed by atoms with Crippen molar-refractivity contribution < 1.29 is 17.5 Å². The lowest BCUT2D eigenvalue weighted by atomic mass is 9.92. The van der Waals surface area contributed by atoms with E-state index in [-0.39, 0.29) is 16.3 Å². The highest BCUT2D eigenvalue weighted by molar-refractivity contribution is 7.87. The largest absolute Gasteiger partial charge is 0.379 e. The number of fused-ring (bicyclic) bond motifs is 1. The summed E-state index contributed by atoms with van der Waals surface area (Å²) in [4.78, 5) is 10.2. The number of nitro benzene ring substituents is 1. The number of rotatable bonds is 4. The van der Waals surface area contributed by atoms with Crippen LogP contribution in [0.2, 0.25) is 0 Å². The van der Waals surface area contributed by atoms with E-state index in [0.717, 1.165) is 31.2 Å². The van der Waals surface area contributed by atoms with Gasteiger partial charge >= 0.3 is 10.1 Å². The standard InChI is InChI=1S/C16H15NO5S/c18-17(19)14-6-8-15(9-7-14)22-23(20,21)16-10-5-12-3-1-2-4-13(12)11-16/h5-11H,1-4H2. The van der Waals surface area contributed by atoms with Crippen LogP contribution in [0, 0.1) is 10.1 Å². The van der Waals surface area contributed by atoms with Crippen molar-refractivity contribution in [1.82, 2.24) is 0 Å². The van der Waals surface area contributed by atoms with Crippen molar-refractivity contribution in [2.75, 3.05) is 0 Å². The van der Waals surface area contributed by atoms with E-state index in [1.54, 1.807) is 12.1 Å². The minimum Gasteiger partial charge on any atom is -0.379 e. The third kappa shape index (κ3) is 3.34. The molecule has 6 nitrogen and oxygen atoms in total. The van der Waals surface area contributed by atoms with Gasteiger partial charge in [-0.05, 0) is 61.1 Å². The normalized spacial score (nSPS) is 14.1. The van der Waals surface area contributed by atoms with E-state index in [1.165, 1.54) is 29.8 Å². The highest BCUT2D eigenvalue weighted by atomic mass is 32.2. The Labute approximate surface area is 134 Å². The predicted octanol–water partition coefficient (Wildman–Crippen LogP) is 3.24. The van der Waals surface area contributed by atoms with Gasteiger partial charge in [0.25, 0.3) is 5.69 Å². The van der Waals surface area contributed by atoms with Crippen LogP contribution in [-0.4, -0.2) is 13.3 Å². The van der Waals surface area contributed by atoms with Crippen LogP contribution in [0.15, 0.2) is 47.4 Å². The van der Waals surface area contributed by atoms with Gasteiger partial charge in [-0.3, -0.25) is 10.1 Å². The molecule has 0 saturated carbocycles. The molecule has 3 rings (SSSR count). The molecule has 0 radical (unpaired) electrons. The highest BCUT2D eigenvalue weighted by Gasteiger charge is 2.20. The molecule has 1 aliphatic rings. The number of non-ortho nitro benzene ring substituents is 1. The van der Waals surface area contributed by atoms with Crippen molar-refractivity contribution in [3.8, 4) is 5.75 Å². The van der Waals surface area contributed by atoms with E-state index in [1.807, 2.05) is 6.07 Å². The first-order chi connectivity index (χ1) is 11.0. The second-order valence-corrected chi connectivity index (χ2v) is 6.97. The summed E-state index contributed by atoms with van der Waals surface area (Å²) in [6.45, 7) is 0. The summed E-state index contributed by atoms with van der Waals surface area (Å²) >= 11 is 0. The van der Waals surface area contributed by atoms with Gasteiger partial charge in [0.05, 0.1) is 4.92 Å². The van der Waals surface area contributed by atoms with Crippen molar-refractivity contribution in [2.45, 2.75) is 30.6 Å². The first kappa shape index (κ1) is 15.5. The van der Waals surface area contributed by atoms with Crippen molar-refractivity contribution in [3.63, 3.8) is 0 Å². The summed E-state index contributed by atoms with van der Waals surface area (Å²) in [6.07, 6.45) is 4.02. The van der Waals surface area contributed by atoms with Crippen LogP contribution in [0.5, 0.6) is 5.75 Å². The molecule has 2 aromatic rings. The molecular weight excluding hydrogens is 318 g/mol. The molecule has 0 bridgehead atoms. The Bertz CT molecular complexity index is 843. The molecule has 0 heterocycles. The predicted molar refractivity (Wildman–Crippen MR) is 84.0 cm³/mol. The molecule has 0 N–H and O–H groups in total. The number of aryl methyl sites for hydroxylation is 2. The third-order valence-corrected chi connectivity index (χ3v) is 5.11. The molecule has 0 unspecified atom stereocenters. The van der Waals surface area contributed by atoms with Crippen molar-refractivity contribution in [3.05, 3.63) is 63.7 Å². The summed E-state index contributed by atoms with van der Waals surface area (Å²) in [5.74, 6) is 0.0494. The first-order valence-electron chi connectivity index (χ1n) is 7.26. The van der Waals surface area contributed by atoms with Gasteiger partial charge in [0.1, 0.15) is 10.6 Å². The number of nitrogens with zero attached hydrogens (tertiary/aromatic N) is 1. The van der Waals surface area contributed by atoms with Crippen LogP contribution in [0.25, 0.3) is 0 Å². The quantitative estimate of drug-likeness (QED) is 0.487. The molecule has 23 heavy (non-hydrogen) atoms. The maximum absolute atomic E-state index is 12.4. The monoisotopic (exact) mass is 333 g/mol. The Morgan fingerprint density at radius 2 is 1.61 bits per heavy atom. The van der Waals surface area contributed by atoms with E-state index in [9.17, 15) is 18.5 Å². The topological polar surface area (TPSA) is 86.5 Å². The summed E-state index contributed by atoms with van der Waals surface area (Å²) in [5.41, 5.74) is 2.11. The Kier molecular flexibility index (Phi) is 4.04. The zero-order valence-electron chi connectivity index (χ0n) is 12.3. The second kappa shape index (κ2) is 6.00. The Balaban J connectivity index is 1.85. The maximum atomic E-state index is 12.4. The van der Waals surface area contributed by atoms with Gasteiger partial charge in [0.15, 0.2) is 0 Å². The average molecular weight is 333 g/mol. The SMILES string of the molecule is O=[N+]([O-])c1ccc(OS(=O)(=O)c2ccc3c(c2)CCCC3)cc1. The van der Waals surface area contributed by atoms with Crippen LogP contribution in [0.1, 0.15) is 24.0 Å². The van der Waals surface area contributed by atoms with Crippen LogP contribution >= 0.6 is 0 Å². The Hall–Kier alpha value is -2.41.